The van der Waals surface area contributed by atoms with E-state index >= 15 is 0 Å². The van der Waals surface area contributed by atoms with Gasteiger partial charge >= 0.3 is 0 Å². The van der Waals surface area contributed by atoms with Crippen molar-refractivity contribution in [1.82, 2.24) is 20.6 Å². The normalized spacial score (nSPS) is 10.9. The maximum Gasteiger partial charge on any atom is 0.253 e. The Morgan fingerprint density at radius 2 is 1.43 bits per heavy atom. The van der Waals surface area contributed by atoms with Gasteiger partial charge in [0.05, 0.1) is 27.9 Å². The van der Waals surface area contributed by atoms with Gasteiger partial charge in [0.2, 0.25) is 0 Å². The van der Waals surface area contributed by atoms with Gasteiger partial charge in [-0.1, -0.05) is 66.7 Å². The van der Waals surface area contributed by atoms with E-state index in [0.717, 1.165) is 27.5 Å². The predicted molar refractivity (Wildman–Crippen MR) is 138 cm³/mol. The molecule has 2 aromatic heterocycles. The fraction of sp³-hybridized carbons (Fsp3) is 0.103. The minimum atomic E-state index is -0.173. The molecular weight excluding hydrogens is 436 g/mol. The number of carbonyl (C=O) groups excluding carboxylic acids is 2. The molecule has 2 heterocycles. The number of amides is 2. The third-order valence-corrected chi connectivity index (χ3v) is 5.83. The second kappa shape index (κ2) is 10.1. The van der Waals surface area contributed by atoms with Crippen molar-refractivity contribution >= 4 is 33.6 Å². The number of nitrogens with zero attached hydrogens (tertiary/aromatic N) is 2. The van der Waals surface area contributed by atoms with Gasteiger partial charge in [0.1, 0.15) is 0 Å². The smallest absolute Gasteiger partial charge is 0.253 e. The van der Waals surface area contributed by atoms with Crippen molar-refractivity contribution in [3.63, 3.8) is 0 Å². The highest BCUT2D eigenvalue weighted by molar-refractivity contribution is 6.07. The van der Waals surface area contributed by atoms with Crippen LogP contribution in [0.4, 0.5) is 0 Å². The molecule has 172 valence electrons. The molecule has 0 aliphatic heterocycles. The Labute approximate surface area is 203 Å². The number of hydrogen-bond acceptors (Lipinski definition) is 4. The summed E-state index contributed by atoms with van der Waals surface area (Å²) in [4.78, 5) is 34.8. The van der Waals surface area contributed by atoms with Crippen LogP contribution in [0.1, 0.15) is 27.1 Å². The fourth-order valence-electron chi connectivity index (χ4n) is 4.09. The van der Waals surface area contributed by atoms with Crippen LogP contribution >= 0.6 is 0 Å². The number of fused-ring (bicyclic) bond motifs is 2. The Hall–Kier alpha value is -4.58. The lowest BCUT2D eigenvalue weighted by Gasteiger charge is -2.11. The SMILES string of the molecule is O=C(NCCCNC(=O)c1cccc2cccnc12)c1cc(-c2ccccc2)nc2ccccc12. The predicted octanol–water partition coefficient (Wildman–Crippen LogP) is 5.00. The molecule has 2 amide bonds. The van der Waals surface area contributed by atoms with Gasteiger partial charge in [0.25, 0.3) is 11.8 Å². The van der Waals surface area contributed by atoms with E-state index in [-0.39, 0.29) is 11.8 Å². The van der Waals surface area contributed by atoms with Gasteiger partial charge < -0.3 is 10.6 Å². The summed E-state index contributed by atoms with van der Waals surface area (Å²) in [6, 6.07) is 28.6. The molecule has 0 spiro atoms. The Kier molecular flexibility index (Phi) is 6.44. The van der Waals surface area contributed by atoms with Gasteiger partial charge in [-0.3, -0.25) is 14.6 Å². The quantitative estimate of drug-likeness (QED) is 0.335. The Bertz CT molecular complexity index is 1510. The number of para-hydroxylation sites is 2. The first-order valence-corrected chi connectivity index (χ1v) is 11.6. The van der Waals surface area contributed by atoms with Crippen molar-refractivity contribution in [1.29, 1.82) is 0 Å². The molecule has 0 unspecified atom stereocenters. The molecule has 0 atom stereocenters. The third kappa shape index (κ3) is 4.87. The average Bonchev–Trinajstić information content (AvgIpc) is 2.92. The third-order valence-electron chi connectivity index (χ3n) is 5.83. The molecule has 0 radical (unpaired) electrons. The lowest BCUT2D eigenvalue weighted by molar-refractivity contribution is 0.0953. The summed E-state index contributed by atoms with van der Waals surface area (Å²) in [5, 5.41) is 7.64. The van der Waals surface area contributed by atoms with Crippen LogP contribution in [0.5, 0.6) is 0 Å². The number of nitrogens with one attached hydrogen (secondary N) is 2. The van der Waals surface area contributed by atoms with Gasteiger partial charge in [0, 0.05) is 35.6 Å². The van der Waals surface area contributed by atoms with Crippen molar-refractivity contribution in [2.24, 2.45) is 0 Å². The van der Waals surface area contributed by atoms with E-state index in [0.29, 0.717) is 36.2 Å². The molecule has 6 nitrogen and oxygen atoms in total. The fourth-order valence-corrected chi connectivity index (χ4v) is 4.09. The van der Waals surface area contributed by atoms with E-state index in [1.165, 1.54) is 0 Å². The molecule has 5 rings (SSSR count). The maximum atomic E-state index is 13.1. The number of hydrogen-bond donors (Lipinski definition) is 2. The molecule has 3 aromatic carbocycles. The molecule has 0 fully saturated rings. The first-order chi connectivity index (χ1) is 17.2. The monoisotopic (exact) mass is 460 g/mol. The largest absolute Gasteiger partial charge is 0.352 e. The second-order valence-electron chi connectivity index (χ2n) is 8.18. The summed E-state index contributed by atoms with van der Waals surface area (Å²) in [5.41, 5.74) is 4.29. The van der Waals surface area contributed by atoms with Crippen LogP contribution < -0.4 is 10.6 Å². The number of rotatable bonds is 7. The van der Waals surface area contributed by atoms with Crippen molar-refractivity contribution in [3.05, 3.63) is 108 Å². The molecule has 5 aromatic rings. The molecule has 0 aliphatic carbocycles. The van der Waals surface area contributed by atoms with E-state index in [1.54, 1.807) is 12.3 Å². The Balaban J connectivity index is 1.23. The van der Waals surface area contributed by atoms with Gasteiger partial charge in [-0.15, -0.1) is 0 Å². The van der Waals surface area contributed by atoms with Crippen molar-refractivity contribution in [3.8, 4) is 11.3 Å². The van der Waals surface area contributed by atoms with Crippen molar-refractivity contribution in [2.75, 3.05) is 13.1 Å². The van der Waals surface area contributed by atoms with Gasteiger partial charge in [-0.25, -0.2) is 4.98 Å². The van der Waals surface area contributed by atoms with Crippen LogP contribution in [0.25, 0.3) is 33.1 Å². The van der Waals surface area contributed by atoms with Crippen LogP contribution in [0.3, 0.4) is 0 Å². The van der Waals surface area contributed by atoms with E-state index < -0.39 is 0 Å². The van der Waals surface area contributed by atoms with Crippen LogP contribution in [0, 0.1) is 0 Å². The number of aromatic nitrogens is 2. The van der Waals surface area contributed by atoms with E-state index in [4.69, 9.17) is 4.98 Å². The molecule has 35 heavy (non-hydrogen) atoms. The zero-order valence-corrected chi connectivity index (χ0v) is 19.1. The van der Waals surface area contributed by atoms with E-state index in [1.807, 2.05) is 84.9 Å². The molecule has 0 saturated carbocycles. The minimum Gasteiger partial charge on any atom is -0.352 e. The highest BCUT2D eigenvalue weighted by Crippen LogP contribution is 2.24. The molecule has 2 N–H and O–H groups in total. The first-order valence-electron chi connectivity index (χ1n) is 11.6. The molecule has 6 heteroatoms. The number of pyridine rings is 2. The van der Waals surface area contributed by atoms with E-state index in [2.05, 4.69) is 15.6 Å². The average molecular weight is 461 g/mol. The van der Waals surface area contributed by atoms with Crippen LogP contribution in [0.2, 0.25) is 0 Å². The summed E-state index contributed by atoms with van der Waals surface area (Å²) in [6.45, 7) is 0.874. The van der Waals surface area contributed by atoms with E-state index in [9.17, 15) is 9.59 Å². The topological polar surface area (TPSA) is 84.0 Å². The number of benzene rings is 3. The van der Waals surface area contributed by atoms with Crippen LogP contribution in [0.15, 0.2) is 97.2 Å². The summed E-state index contributed by atoms with van der Waals surface area (Å²) in [6.07, 6.45) is 2.28. The summed E-state index contributed by atoms with van der Waals surface area (Å²) in [7, 11) is 0. The lowest BCUT2D eigenvalue weighted by Crippen LogP contribution is -2.30. The lowest BCUT2D eigenvalue weighted by atomic mass is 10.0. The first kappa shape index (κ1) is 22.2. The number of carbonyl (C=O) groups is 2. The van der Waals surface area contributed by atoms with Crippen LogP contribution in [-0.4, -0.2) is 34.9 Å². The molecule has 0 aliphatic rings. The summed E-state index contributed by atoms with van der Waals surface area (Å²) in [5.74, 6) is -0.335. The molecule has 0 saturated heterocycles. The Morgan fingerprint density at radius 3 is 2.26 bits per heavy atom. The maximum absolute atomic E-state index is 13.1. The second-order valence-corrected chi connectivity index (χ2v) is 8.18. The zero-order chi connectivity index (χ0) is 24.0. The molecular formula is C29H24N4O2. The van der Waals surface area contributed by atoms with Crippen molar-refractivity contribution in [2.45, 2.75) is 6.42 Å². The summed E-state index contributed by atoms with van der Waals surface area (Å²) >= 11 is 0. The highest BCUT2D eigenvalue weighted by atomic mass is 16.2. The Morgan fingerprint density at radius 1 is 0.714 bits per heavy atom. The van der Waals surface area contributed by atoms with Gasteiger partial charge in [0.15, 0.2) is 0 Å². The van der Waals surface area contributed by atoms with Crippen LogP contribution in [-0.2, 0) is 0 Å². The standard InChI is InChI=1S/C29H24N4O2/c34-28(23-14-6-11-21-12-7-16-30-27(21)23)31-17-8-18-32-29(35)24-19-26(20-9-2-1-3-10-20)33-25-15-5-4-13-22(24)25/h1-7,9-16,19H,8,17-18H2,(H,31,34)(H,32,35). The molecule has 0 bridgehead atoms. The minimum absolute atomic E-state index is 0.162. The van der Waals surface area contributed by atoms with Gasteiger partial charge in [-0.05, 0) is 30.7 Å². The zero-order valence-electron chi connectivity index (χ0n) is 19.1. The van der Waals surface area contributed by atoms with Crippen molar-refractivity contribution < 1.29 is 9.59 Å². The summed E-state index contributed by atoms with van der Waals surface area (Å²) < 4.78 is 0. The highest BCUT2D eigenvalue weighted by Gasteiger charge is 2.14. The van der Waals surface area contributed by atoms with Gasteiger partial charge in [-0.2, -0.15) is 0 Å².